The zero-order valence-corrected chi connectivity index (χ0v) is 54.8. The Labute approximate surface area is 525 Å². The van der Waals surface area contributed by atoms with Crippen molar-refractivity contribution in [1.82, 2.24) is 26.6 Å². The van der Waals surface area contributed by atoms with Gasteiger partial charge in [0.1, 0.15) is 36.5 Å². The molecule has 0 heterocycles. The molecule has 20 nitrogen and oxygen atoms in total. The van der Waals surface area contributed by atoms with Crippen LogP contribution in [0.15, 0.2) is 48.5 Å². The van der Waals surface area contributed by atoms with E-state index in [1.807, 2.05) is 20.8 Å². The van der Waals surface area contributed by atoms with E-state index < -0.39 is 41.1 Å². The number of esters is 2. The molecule has 0 aromatic heterocycles. The second kappa shape index (κ2) is 47.1. The number of aliphatic carboxylic acids is 1. The zero-order chi connectivity index (χ0) is 64.8. The molecule has 5 amide bonds. The van der Waals surface area contributed by atoms with Crippen molar-refractivity contribution in [2.75, 3.05) is 72.5 Å². The fraction of sp³-hybridized carbons (Fsp3) is 0.706. The molecule has 0 saturated heterocycles. The summed E-state index contributed by atoms with van der Waals surface area (Å²) in [6.07, 6.45) is 21.8. The van der Waals surface area contributed by atoms with E-state index in [1.165, 1.54) is 99.8 Å². The van der Waals surface area contributed by atoms with Gasteiger partial charge < -0.3 is 60.1 Å². The molecule has 0 spiro atoms. The number of amides is 5. The summed E-state index contributed by atoms with van der Waals surface area (Å²) in [6, 6.07) is 15.7. The van der Waals surface area contributed by atoms with E-state index in [4.69, 9.17) is 33.5 Å². The first-order valence-electron chi connectivity index (χ1n) is 32.6. The Morgan fingerprint density at radius 3 is 1.34 bits per heavy atom. The normalized spacial score (nSPS) is 12.5. The van der Waals surface area contributed by atoms with Gasteiger partial charge in [-0.25, -0.2) is 9.59 Å². The summed E-state index contributed by atoms with van der Waals surface area (Å²) >= 11 is 0. The minimum Gasteiger partial charge on any atom is -0.480 e. The van der Waals surface area contributed by atoms with Crippen LogP contribution in [0.4, 0.5) is 0 Å². The van der Waals surface area contributed by atoms with Gasteiger partial charge in [-0.1, -0.05) is 145 Å². The Bertz CT molecular complexity index is 2270. The molecule has 0 aliphatic heterocycles. The zero-order valence-electron chi connectivity index (χ0n) is 54.8. The number of hydrogen-bond acceptors (Lipinski definition) is 14. The molecular formula is C68H111N5O15. The van der Waals surface area contributed by atoms with Crippen molar-refractivity contribution in [1.29, 1.82) is 0 Å². The number of fused-ring (bicyclic) bond motifs is 3. The van der Waals surface area contributed by atoms with Gasteiger partial charge in [0.15, 0.2) is 0 Å². The first-order chi connectivity index (χ1) is 42.1. The quantitative estimate of drug-likeness (QED) is 0.0266. The van der Waals surface area contributed by atoms with Crippen LogP contribution in [-0.2, 0) is 66.8 Å². The molecule has 2 aromatic rings. The van der Waals surface area contributed by atoms with E-state index in [0.717, 1.165) is 38.5 Å². The van der Waals surface area contributed by atoms with Crippen LogP contribution in [0.3, 0.4) is 0 Å². The molecular weight excluding hydrogens is 1130 g/mol. The van der Waals surface area contributed by atoms with Crippen LogP contribution in [0.2, 0.25) is 0 Å². The molecule has 3 rings (SSSR count). The van der Waals surface area contributed by atoms with Gasteiger partial charge in [0.25, 0.3) is 0 Å². The van der Waals surface area contributed by atoms with Crippen molar-refractivity contribution in [2.45, 2.75) is 239 Å². The smallest absolute Gasteiger partial charge is 0.329 e. The highest BCUT2D eigenvalue weighted by atomic mass is 16.6. The van der Waals surface area contributed by atoms with Crippen LogP contribution in [0.1, 0.15) is 227 Å². The number of rotatable bonds is 48. The van der Waals surface area contributed by atoms with E-state index in [-0.39, 0.29) is 115 Å². The van der Waals surface area contributed by atoms with Crippen molar-refractivity contribution >= 4 is 47.4 Å². The van der Waals surface area contributed by atoms with Crippen LogP contribution in [-0.4, -0.2) is 148 Å². The lowest BCUT2D eigenvalue weighted by Crippen LogP contribution is -2.44. The van der Waals surface area contributed by atoms with Crippen molar-refractivity contribution in [3.05, 3.63) is 59.7 Å². The van der Waals surface area contributed by atoms with E-state index in [9.17, 15) is 38.4 Å². The number of carbonyl (C=O) groups excluding carboxylic acids is 7. The van der Waals surface area contributed by atoms with Crippen LogP contribution in [0, 0.1) is 0 Å². The van der Waals surface area contributed by atoms with Gasteiger partial charge in [0.05, 0.1) is 39.6 Å². The summed E-state index contributed by atoms with van der Waals surface area (Å²) in [7, 11) is 0. The Balaban J connectivity index is 0.00000149. The van der Waals surface area contributed by atoms with Gasteiger partial charge in [-0.15, -0.1) is 0 Å². The Morgan fingerprint density at radius 1 is 0.455 bits per heavy atom. The fourth-order valence-electron chi connectivity index (χ4n) is 9.98. The molecule has 1 aliphatic carbocycles. The Morgan fingerprint density at radius 2 is 0.886 bits per heavy atom. The molecule has 2 aromatic carbocycles. The maximum absolute atomic E-state index is 12.9. The lowest BCUT2D eigenvalue weighted by molar-refractivity contribution is -0.159. The number of benzene rings is 2. The second-order valence-electron chi connectivity index (χ2n) is 24.5. The highest BCUT2D eigenvalue weighted by Crippen LogP contribution is 2.45. The van der Waals surface area contributed by atoms with Crippen molar-refractivity contribution in [3.63, 3.8) is 0 Å². The number of hydrogen-bond donors (Lipinski definition) is 6. The highest BCUT2D eigenvalue weighted by molar-refractivity contribution is 5.86. The topological polar surface area (TPSA) is 272 Å². The summed E-state index contributed by atoms with van der Waals surface area (Å²) in [5.74, 6) is -2.76. The molecule has 2 unspecified atom stereocenters. The predicted octanol–water partition coefficient (Wildman–Crippen LogP) is 10.3. The monoisotopic (exact) mass is 1240 g/mol. The lowest BCUT2D eigenvalue weighted by Gasteiger charge is -2.24. The first kappa shape index (κ1) is 78.1. The first-order valence-corrected chi connectivity index (χ1v) is 32.6. The van der Waals surface area contributed by atoms with Crippen LogP contribution in [0.5, 0.6) is 0 Å². The van der Waals surface area contributed by atoms with Gasteiger partial charge in [-0.2, -0.15) is 0 Å². The van der Waals surface area contributed by atoms with Crippen LogP contribution in [0.25, 0.3) is 11.1 Å². The Kier molecular flexibility index (Phi) is 41.8. The predicted molar refractivity (Wildman–Crippen MR) is 341 cm³/mol. The van der Waals surface area contributed by atoms with Gasteiger partial charge in [0, 0.05) is 51.7 Å². The standard InChI is InChI=1S/C53H97N5O15.C15H14/c1-42(59)57-43(50(65)66)26-24-25-31-54-47(62)40-70-38-37-69-35-33-56-48(63)41-71-39-36-68-34-32-55-45(60)30-29-44(51(67)73-53(5,6)7)58-46(61)27-22-20-18-16-14-12-10-8-9-11-13-15-17-19-21-23-28-49(64)72-52(2,3)4;1-2-11-12-7-3-5-9-14(12)15-10-6-4-8-13(11)15/h43-44H,8-41H2,1-7H3,(H,54,62)(H,55,60)(H,56,63)(H,57,59)(H,58,61)(H,65,66);3-11H,2H2,1H3. The molecule has 1 aliphatic rings. The third-order valence-corrected chi connectivity index (χ3v) is 14.3. The van der Waals surface area contributed by atoms with Crippen LogP contribution >= 0.6 is 0 Å². The summed E-state index contributed by atoms with van der Waals surface area (Å²) in [6.45, 7) is 16.2. The molecule has 498 valence electrons. The molecule has 0 bridgehead atoms. The third-order valence-electron chi connectivity index (χ3n) is 14.3. The number of unbranched alkanes of at least 4 members (excludes halogenated alkanes) is 16. The van der Waals surface area contributed by atoms with Crippen molar-refractivity contribution in [2.24, 2.45) is 0 Å². The summed E-state index contributed by atoms with van der Waals surface area (Å²) < 4.78 is 32.3. The van der Waals surface area contributed by atoms with Crippen LogP contribution < -0.4 is 26.6 Å². The molecule has 0 saturated carbocycles. The Hall–Kier alpha value is -5.96. The van der Waals surface area contributed by atoms with E-state index in [2.05, 4.69) is 82.0 Å². The molecule has 2 atom stereocenters. The SMILES string of the molecule is CC(=O)NC(CCCCNC(=O)COCCOCCNC(=O)COCCOCCNC(=O)CCC(NC(=O)CCCCCCCCCCCCCCCCCCC(=O)OC(C)(C)C)C(=O)OC(C)(C)C)C(=O)O.CCC1c2ccccc2-c2ccccc21. The van der Waals surface area contributed by atoms with E-state index in [1.54, 1.807) is 20.8 Å². The van der Waals surface area contributed by atoms with Gasteiger partial charge in [0.2, 0.25) is 29.5 Å². The molecule has 88 heavy (non-hydrogen) atoms. The average molecular weight is 1240 g/mol. The summed E-state index contributed by atoms with van der Waals surface area (Å²) in [5, 5.41) is 22.3. The molecule has 0 fully saturated rings. The van der Waals surface area contributed by atoms with Crippen molar-refractivity contribution < 1.29 is 71.9 Å². The number of ether oxygens (including phenoxy) is 6. The minimum absolute atomic E-state index is 0.00619. The van der Waals surface area contributed by atoms with Gasteiger partial charge in [-0.3, -0.25) is 28.8 Å². The molecule has 6 N–H and O–H groups in total. The average Bonchev–Trinajstić information content (AvgIpc) is 1.73. The maximum atomic E-state index is 12.9. The largest absolute Gasteiger partial charge is 0.480 e. The minimum atomic E-state index is -1.10. The number of carbonyl (C=O) groups is 8. The number of carboxylic acids is 1. The van der Waals surface area contributed by atoms with E-state index >= 15 is 0 Å². The van der Waals surface area contributed by atoms with E-state index in [0.29, 0.717) is 38.1 Å². The van der Waals surface area contributed by atoms with Gasteiger partial charge >= 0.3 is 17.9 Å². The maximum Gasteiger partial charge on any atom is 0.329 e. The van der Waals surface area contributed by atoms with Crippen molar-refractivity contribution in [3.8, 4) is 11.1 Å². The summed E-state index contributed by atoms with van der Waals surface area (Å²) in [4.78, 5) is 96.2. The molecule has 0 radical (unpaired) electrons. The highest BCUT2D eigenvalue weighted by Gasteiger charge is 2.28. The second-order valence-corrected chi connectivity index (χ2v) is 24.5. The third kappa shape index (κ3) is 39.8. The number of nitrogens with one attached hydrogen (secondary N) is 5. The van der Waals surface area contributed by atoms with Gasteiger partial charge in [-0.05, 0) is 109 Å². The summed E-state index contributed by atoms with van der Waals surface area (Å²) in [5.41, 5.74) is 4.71. The number of carboxylic acid groups (broad SMARTS) is 1. The fourth-order valence-corrected chi connectivity index (χ4v) is 9.98. The molecule has 20 heteroatoms. The lowest BCUT2D eigenvalue weighted by atomic mass is 9.95.